The number of rotatable bonds is 6. The van der Waals surface area contributed by atoms with Crippen LogP contribution >= 0.6 is 0 Å². The highest BCUT2D eigenvalue weighted by molar-refractivity contribution is 5.94. The molecule has 10 heteroatoms. The summed E-state index contributed by atoms with van der Waals surface area (Å²) in [5.41, 5.74) is 2.70. The summed E-state index contributed by atoms with van der Waals surface area (Å²) < 4.78 is 17.8. The van der Waals surface area contributed by atoms with E-state index in [0.717, 1.165) is 11.1 Å². The number of nitrogens with zero attached hydrogens (tertiary/aromatic N) is 6. The molecule has 0 aliphatic carbocycles. The quantitative estimate of drug-likeness (QED) is 0.445. The number of carbonyl (C=O) groups is 1. The van der Waals surface area contributed by atoms with E-state index in [-0.39, 0.29) is 11.8 Å². The Balaban J connectivity index is 1.30. The van der Waals surface area contributed by atoms with E-state index in [4.69, 9.17) is 14.0 Å². The van der Waals surface area contributed by atoms with Crippen molar-refractivity contribution in [2.75, 3.05) is 27.3 Å². The average molecular weight is 446 g/mol. The highest BCUT2D eigenvalue weighted by atomic mass is 16.5. The van der Waals surface area contributed by atoms with Crippen LogP contribution in [-0.4, -0.2) is 63.0 Å². The van der Waals surface area contributed by atoms with Crippen LogP contribution in [0, 0.1) is 0 Å². The van der Waals surface area contributed by atoms with Gasteiger partial charge in [-0.15, -0.1) is 0 Å². The van der Waals surface area contributed by atoms with E-state index in [1.54, 1.807) is 49.3 Å². The van der Waals surface area contributed by atoms with Gasteiger partial charge in [-0.2, -0.15) is 10.1 Å². The molecule has 1 aliphatic rings. The van der Waals surface area contributed by atoms with E-state index < -0.39 is 0 Å². The lowest BCUT2D eigenvalue weighted by atomic mass is 9.99. The Bertz CT molecular complexity index is 1290. The second-order valence-electron chi connectivity index (χ2n) is 7.70. The van der Waals surface area contributed by atoms with Gasteiger partial charge in [0.25, 0.3) is 5.91 Å². The van der Waals surface area contributed by atoms with Crippen LogP contribution in [0.4, 0.5) is 0 Å². The summed E-state index contributed by atoms with van der Waals surface area (Å²) in [7, 11) is 4.94. The smallest absolute Gasteiger partial charge is 0.272 e. The van der Waals surface area contributed by atoms with Gasteiger partial charge in [0.05, 0.1) is 25.8 Å². The fraction of sp³-hybridized carbons (Fsp3) is 0.261. The van der Waals surface area contributed by atoms with Crippen molar-refractivity contribution in [2.24, 2.45) is 7.05 Å². The topological polar surface area (TPSA) is 108 Å². The lowest BCUT2D eigenvalue weighted by Gasteiger charge is -2.36. The molecule has 1 aliphatic heterocycles. The minimum Gasteiger partial charge on any atom is -0.497 e. The molecule has 3 aromatic heterocycles. The molecule has 0 saturated carbocycles. The van der Waals surface area contributed by atoms with Crippen molar-refractivity contribution in [1.82, 2.24) is 29.8 Å². The molecule has 5 rings (SSSR count). The van der Waals surface area contributed by atoms with Gasteiger partial charge in [-0.1, -0.05) is 5.16 Å². The van der Waals surface area contributed by atoms with Crippen LogP contribution in [0.3, 0.4) is 0 Å². The number of likely N-dealkylation sites (tertiary alicyclic amines) is 1. The molecule has 4 heterocycles. The number of hydrogen-bond acceptors (Lipinski definition) is 8. The minimum absolute atomic E-state index is 0.00298. The van der Waals surface area contributed by atoms with Gasteiger partial charge in [0.2, 0.25) is 11.7 Å². The normalized spacial score (nSPS) is 13.6. The lowest BCUT2D eigenvalue weighted by molar-refractivity contribution is 0.0558. The largest absolute Gasteiger partial charge is 0.497 e. The third-order valence-corrected chi connectivity index (χ3v) is 5.68. The molecule has 10 nitrogen and oxygen atoms in total. The molecule has 0 unspecified atom stereocenters. The van der Waals surface area contributed by atoms with E-state index in [1.165, 1.54) is 0 Å². The molecular weight excluding hydrogens is 424 g/mol. The molecule has 0 spiro atoms. The summed E-state index contributed by atoms with van der Waals surface area (Å²) in [5.74, 6) is 2.27. The molecule has 1 aromatic carbocycles. The molecule has 1 amide bonds. The number of ether oxygens (including phenoxy) is 2. The van der Waals surface area contributed by atoms with Crippen molar-refractivity contribution in [2.45, 2.75) is 5.92 Å². The number of pyridine rings is 1. The van der Waals surface area contributed by atoms with Gasteiger partial charge in [-0.05, 0) is 36.4 Å². The Morgan fingerprint density at radius 1 is 1.09 bits per heavy atom. The summed E-state index contributed by atoms with van der Waals surface area (Å²) in [4.78, 5) is 23.3. The summed E-state index contributed by atoms with van der Waals surface area (Å²) >= 11 is 0. The van der Waals surface area contributed by atoms with E-state index in [0.29, 0.717) is 47.7 Å². The Hall–Kier alpha value is -4.21. The lowest BCUT2D eigenvalue weighted by Crippen LogP contribution is -2.49. The Labute approximate surface area is 189 Å². The molecule has 1 fully saturated rings. The van der Waals surface area contributed by atoms with E-state index >= 15 is 0 Å². The van der Waals surface area contributed by atoms with Crippen molar-refractivity contribution >= 4 is 5.91 Å². The monoisotopic (exact) mass is 446 g/mol. The van der Waals surface area contributed by atoms with Crippen molar-refractivity contribution in [3.05, 3.63) is 60.4 Å². The Kier molecular flexibility index (Phi) is 5.25. The zero-order valence-electron chi connectivity index (χ0n) is 18.4. The first-order valence-electron chi connectivity index (χ1n) is 10.4. The second kappa shape index (κ2) is 8.38. The zero-order chi connectivity index (χ0) is 22.9. The van der Waals surface area contributed by atoms with Crippen LogP contribution in [0.5, 0.6) is 11.5 Å². The maximum absolute atomic E-state index is 13.1. The predicted octanol–water partition coefficient (Wildman–Crippen LogP) is 2.79. The van der Waals surface area contributed by atoms with Crippen LogP contribution in [0.15, 0.2) is 53.3 Å². The van der Waals surface area contributed by atoms with Gasteiger partial charge < -0.3 is 18.9 Å². The molecule has 168 valence electrons. The van der Waals surface area contributed by atoms with Gasteiger partial charge in [0.1, 0.15) is 17.2 Å². The van der Waals surface area contributed by atoms with Crippen LogP contribution < -0.4 is 9.47 Å². The number of aromatic nitrogens is 5. The molecule has 33 heavy (non-hydrogen) atoms. The SMILES string of the molecule is COc1ccc(OC)c(-c2cc(C(=O)N3CC(c4nc(-c5ccncc5)no4)C3)n(C)n2)c1. The molecular formula is C23H22N6O4. The average Bonchev–Trinajstić information content (AvgIpc) is 3.45. The molecule has 0 atom stereocenters. The van der Waals surface area contributed by atoms with Crippen molar-refractivity contribution < 1.29 is 18.8 Å². The summed E-state index contributed by atoms with van der Waals surface area (Å²) in [6, 6.07) is 10.9. The number of amides is 1. The molecule has 0 N–H and O–H groups in total. The maximum Gasteiger partial charge on any atom is 0.272 e. The van der Waals surface area contributed by atoms with Crippen LogP contribution in [-0.2, 0) is 7.05 Å². The maximum atomic E-state index is 13.1. The molecule has 1 saturated heterocycles. The number of aryl methyl sites for hydroxylation is 1. The Morgan fingerprint density at radius 3 is 2.61 bits per heavy atom. The van der Waals surface area contributed by atoms with Gasteiger partial charge in [-0.25, -0.2) is 0 Å². The molecule has 4 aromatic rings. The fourth-order valence-corrected chi connectivity index (χ4v) is 3.80. The molecule has 0 radical (unpaired) electrons. The first kappa shape index (κ1) is 20.7. The predicted molar refractivity (Wildman–Crippen MR) is 118 cm³/mol. The summed E-state index contributed by atoms with van der Waals surface area (Å²) in [6.45, 7) is 1.000. The number of hydrogen-bond donors (Lipinski definition) is 0. The third kappa shape index (κ3) is 3.79. The summed E-state index contributed by atoms with van der Waals surface area (Å²) in [6.07, 6.45) is 3.36. The van der Waals surface area contributed by atoms with Crippen molar-refractivity contribution in [3.8, 4) is 34.1 Å². The third-order valence-electron chi connectivity index (χ3n) is 5.68. The van der Waals surface area contributed by atoms with Crippen LogP contribution in [0.25, 0.3) is 22.6 Å². The molecule has 0 bridgehead atoms. The number of benzene rings is 1. The van der Waals surface area contributed by atoms with Crippen LogP contribution in [0.1, 0.15) is 22.3 Å². The highest BCUT2D eigenvalue weighted by Gasteiger charge is 2.37. The van der Waals surface area contributed by atoms with Gasteiger partial charge >= 0.3 is 0 Å². The first-order chi connectivity index (χ1) is 16.1. The Morgan fingerprint density at radius 2 is 1.88 bits per heavy atom. The van der Waals surface area contributed by atoms with E-state index in [1.807, 2.05) is 30.3 Å². The summed E-state index contributed by atoms with van der Waals surface area (Å²) in [5, 5.41) is 8.57. The van der Waals surface area contributed by atoms with Crippen LogP contribution in [0.2, 0.25) is 0 Å². The zero-order valence-corrected chi connectivity index (χ0v) is 18.4. The van der Waals surface area contributed by atoms with Gasteiger partial charge in [0.15, 0.2) is 0 Å². The van der Waals surface area contributed by atoms with Crippen molar-refractivity contribution in [3.63, 3.8) is 0 Å². The second-order valence-corrected chi connectivity index (χ2v) is 7.70. The fourth-order valence-electron chi connectivity index (χ4n) is 3.80. The first-order valence-corrected chi connectivity index (χ1v) is 10.4. The van der Waals surface area contributed by atoms with Gasteiger partial charge in [0, 0.05) is 43.7 Å². The van der Waals surface area contributed by atoms with Crippen molar-refractivity contribution in [1.29, 1.82) is 0 Å². The number of methoxy groups -OCH3 is 2. The number of carbonyl (C=O) groups excluding carboxylic acids is 1. The van der Waals surface area contributed by atoms with E-state index in [2.05, 4.69) is 20.2 Å². The highest BCUT2D eigenvalue weighted by Crippen LogP contribution is 2.34. The van der Waals surface area contributed by atoms with Gasteiger partial charge in [-0.3, -0.25) is 14.5 Å². The standard InChI is InChI=1S/C23H22N6O4/c1-28-19(11-18(26-28)17-10-16(31-2)4-5-20(17)32-3)23(30)29-12-15(13-29)22-25-21(27-33-22)14-6-8-24-9-7-14/h4-11,15H,12-13H2,1-3H3. The van der Waals surface area contributed by atoms with E-state index in [9.17, 15) is 4.79 Å². The minimum atomic E-state index is -0.108.